The first-order valence-corrected chi connectivity index (χ1v) is 6.80. The van der Waals surface area contributed by atoms with Crippen LogP contribution in [0.5, 0.6) is 0 Å². The predicted octanol–water partition coefficient (Wildman–Crippen LogP) is 2.77. The number of allylic oxidation sites excluding steroid dienone is 1. The Morgan fingerprint density at radius 2 is 2.11 bits per heavy atom. The lowest BCUT2D eigenvalue weighted by molar-refractivity contribution is 0.421. The molecule has 0 atom stereocenters. The maximum absolute atomic E-state index is 4.63. The van der Waals surface area contributed by atoms with Crippen molar-refractivity contribution in [3.63, 3.8) is 0 Å². The van der Waals surface area contributed by atoms with Gasteiger partial charge in [0.2, 0.25) is 0 Å². The molecule has 1 aromatic heterocycles. The third-order valence-electron chi connectivity index (χ3n) is 2.76. The van der Waals surface area contributed by atoms with Crippen LogP contribution in [-0.2, 0) is 6.54 Å². The second kappa shape index (κ2) is 7.24. The van der Waals surface area contributed by atoms with Crippen molar-refractivity contribution < 1.29 is 0 Å². The Morgan fingerprint density at radius 3 is 2.74 bits per heavy atom. The normalized spacial score (nSPS) is 11.4. The van der Waals surface area contributed by atoms with Gasteiger partial charge in [-0.2, -0.15) is 0 Å². The molecule has 0 saturated carbocycles. The number of hydrogen-bond donors (Lipinski definition) is 1. The fourth-order valence-electron chi connectivity index (χ4n) is 1.61. The van der Waals surface area contributed by atoms with E-state index in [4.69, 9.17) is 0 Å². The van der Waals surface area contributed by atoms with Gasteiger partial charge in [-0.15, -0.1) is 6.58 Å². The Labute approximate surface area is 117 Å². The molecule has 0 aliphatic heterocycles. The minimum atomic E-state index is 0.0908. The Morgan fingerprint density at radius 1 is 1.37 bits per heavy atom. The summed E-state index contributed by atoms with van der Waals surface area (Å²) < 4.78 is 0. The molecule has 4 heteroatoms. The summed E-state index contributed by atoms with van der Waals surface area (Å²) in [5, 5.41) is 3.42. The standard InChI is InChI=1S/C15H26N4/c1-6-7-8-9-19(5)14-12-16-10-13(18-14)11-17-15(2,3)4/h6,10,12,17H,1,7-9,11H2,2-5H3. The lowest BCUT2D eigenvalue weighted by Gasteiger charge is -2.21. The molecule has 19 heavy (non-hydrogen) atoms. The summed E-state index contributed by atoms with van der Waals surface area (Å²) in [7, 11) is 2.05. The number of rotatable bonds is 7. The van der Waals surface area contributed by atoms with Crippen molar-refractivity contribution in [2.24, 2.45) is 0 Å². The van der Waals surface area contributed by atoms with Gasteiger partial charge >= 0.3 is 0 Å². The second-order valence-corrected chi connectivity index (χ2v) is 5.82. The van der Waals surface area contributed by atoms with Crippen LogP contribution in [0, 0.1) is 0 Å². The van der Waals surface area contributed by atoms with Gasteiger partial charge in [-0.1, -0.05) is 6.08 Å². The predicted molar refractivity (Wildman–Crippen MR) is 81.3 cm³/mol. The molecule has 0 aliphatic carbocycles. The van der Waals surface area contributed by atoms with E-state index in [0.717, 1.165) is 37.4 Å². The van der Waals surface area contributed by atoms with Crippen LogP contribution < -0.4 is 10.2 Å². The van der Waals surface area contributed by atoms with Crippen molar-refractivity contribution in [1.29, 1.82) is 0 Å². The molecule has 0 fully saturated rings. The van der Waals surface area contributed by atoms with E-state index in [2.05, 4.69) is 47.5 Å². The molecule has 0 aliphatic rings. The average molecular weight is 262 g/mol. The van der Waals surface area contributed by atoms with Gasteiger partial charge in [0.1, 0.15) is 5.82 Å². The summed E-state index contributed by atoms with van der Waals surface area (Å²) in [6, 6.07) is 0. The van der Waals surface area contributed by atoms with Gasteiger partial charge in [0.25, 0.3) is 0 Å². The molecule has 0 radical (unpaired) electrons. The molecular weight excluding hydrogens is 236 g/mol. The van der Waals surface area contributed by atoms with Gasteiger partial charge < -0.3 is 10.2 Å². The number of anilines is 1. The minimum Gasteiger partial charge on any atom is -0.358 e. The molecule has 1 heterocycles. The minimum absolute atomic E-state index is 0.0908. The maximum Gasteiger partial charge on any atom is 0.147 e. The summed E-state index contributed by atoms with van der Waals surface area (Å²) >= 11 is 0. The van der Waals surface area contributed by atoms with Crippen molar-refractivity contribution in [2.75, 3.05) is 18.5 Å². The van der Waals surface area contributed by atoms with E-state index in [1.165, 1.54) is 0 Å². The molecule has 1 N–H and O–H groups in total. The summed E-state index contributed by atoms with van der Waals surface area (Å²) in [6.07, 6.45) is 7.70. The van der Waals surface area contributed by atoms with Crippen molar-refractivity contribution in [2.45, 2.75) is 45.7 Å². The molecule has 0 unspecified atom stereocenters. The van der Waals surface area contributed by atoms with Gasteiger partial charge in [-0.3, -0.25) is 4.98 Å². The molecule has 106 valence electrons. The van der Waals surface area contributed by atoms with Gasteiger partial charge in [0, 0.05) is 31.9 Å². The Kier molecular flexibility index (Phi) is 5.96. The van der Waals surface area contributed by atoms with Crippen LogP contribution in [0.25, 0.3) is 0 Å². The number of hydrogen-bond acceptors (Lipinski definition) is 4. The highest BCUT2D eigenvalue weighted by Gasteiger charge is 2.10. The summed E-state index contributed by atoms with van der Waals surface area (Å²) in [4.78, 5) is 11.0. The first-order valence-electron chi connectivity index (χ1n) is 6.80. The van der Waals surface area contributed by atoms with Crippen LogP contribution in [0.2, 0.25) is 0 Å². The van der Waals surface area contributed by atoms with Crippen LogP contribution in [0.4, 0.5) is 5.82 Å². The second-order valence-electron chi connectivity index (χ2n) is 5.82. The van der Waals surface area contributed by atoms with E-state index < -0.39 is 0 Å². The van der Waals surface area contributed by atoms with Crippen LogP contribution in [0.1, 0.15) is 39.3 Å². The molecule has 0 amide bonds. The highest BCUT2D eigenvalue weighted by Crippen LogP contribution is 2.10. The quantitative estimate of drug-likeness (QED) is 0.606. The first-order chi connectivity index (χ1) is 8.92. The average Bonchev–Trinajstić information content (AvgIpc) is 2.36. The van der Waals surface area contributed by atoms with Crippen molar-refractivity contribution in [3.8, 4) is 0 Å². The van der Waals surface area contributed by atoms with Gasteiger partial charge in [0.15, 0.2) is 0 Å². The molecule has 0 bridgehead atoms. The number of nitrogens with one attached hydrogen (secondary N) is 1. The maximum atomic E-state index is 4.63. The largest absolute Gasteiger partial charge is 0.358 e. The lowest BCUT2D eigenvalue weighted by Crippen LogP contribution is -2.35. The fraction of sp³-hybridized carbons (Fsp3) is 0.600. The monoisotopic (exact) mass is 262 g/mol. The molecule has 1 rings (SSSR count). The van der Waals surface area contributed by atoms with E-state index in [1.54, 1.807) is 0 Å². The number of aromatic nitrogens is 2. The topological polar surface area (TPSA) is 41.1 Å². The van der Waals surface area contributed by atoms with Crippen molar-refractivity contribution in [3.05, 3.63) is 30.7 Å². The van der Waals surface area contributed by atoms with Gasteiger partial charge in [0.05, 0.1) is 11.9 Å². The zero-order valence-corrected chi connectivity index (χ0v) is 12.6. The third kappa shape index (κ3) is 6.34. The molecular formula is C15H26N4. The first kappa shape index (κ1) is 15.6. The molecule has 0 spiro atoms. The summed E-state index contributed by atoms with van der Waals surface area (Å²) in [5.74, 6) is 0.928. The smallest absolute Gasteiger partial charge is 0.147 e. The van der Waals surface area contributed by atoms with Gasteiger partial charge in [-0.25, -0.2) is 4.98 Å². The zero-order chi connectivity index (χ0) is 14.3. The van der Waals surface area contributed by atoms with E-state index in [-0.39, 0.29) is 5.54 Å². The van der Waals surface area contributed by atoms with Crippen molar-refractivity contribution in [1.82, 2.24) is 15.3 Å². The van der Waals surface area contributed by atoms with Gasteiger partial charge in [-0.05, 0) is 33.6 Å². The van der Waals surface area contributed by atoms with Crippen LogP contribution in [0.3, 0.4) is 0 Å². The molecule has 0 aromatic carbocycles. The van der Waals surface area contributed by atoms with E-state index in [0.29, 0.717) is 0 Å². The Balaban J connectivity index is 2.58. The summed E-state index contributed by atoms with van der Waals surface area (Å²) in [6.45, 7) is 11.9. The van der Waals surface area contributed by atoms with E-state index in [1.807, 2.05) is 25.5 Å². The summed E-state index contributed by atoms with van der Waals surface area (Å²) in [5.41, 5.74) is 1.07. The Bertz CT molecular complexity index is 395. The van der Waals surface area contributed by atoms with E-state index in [9.17, 15) is 0 Å². The number of unbranched alkanes of at least 4 members (excludes halogenated alkanes) is 1. The SMILES string of the molecule is C=CCCCN(C)c1cncc(CNC(C)(C)C)n1. The van der Waals surface area contributed by atoms with Crippen molar-refractivity contribution >= 4 is 5.82 Å². The lowest BCUT2D eigenvalue weighted by atomic mass is 10.1. The molecule has 4 nitrogen and oxygen atoms in total. The Hall–Kier alpha value is -1.42. The van der Waals surface area contributed by atoms with Crippen LogP contribution in [0.15, 0.2) is 25.0 Å². The third-order valence-corrected chi connectivity index (χ3v) is 2.76. The highest BCUT2D eigenvalue weighted by atomic mass is 15.2. The highest BCUT2D eigenvalue weighted by molar-refractivity contribution is 5.34. The van der Waals surface area contributed by atoms with Crippen LogP contribution >= 0.6 is 0 Å². The van der Waals surface area contributed by atoms with E-state index >= 15 is 0 Å². The fourth-order valence-corrected chi connectivity index (χ4v) is 1.61. The number of nitrogens with zero attached hydrogens (tertiary/aromatic N) is 3. The van der Waals surface area contributed by atoms with Crippen LogP contribution in [-0.4, -0.2) is 29.1 Å². The molecule has 0 saturated heterocycles. The molecule has 1 aromatic rings. The zero-order valence-electron chi connectivity index (χ0n) is 12.6.